The van der Waals surface area contributed by atoms with Crippen LogP contribution in [0.4, 0.5) is 0 Å². The van der Waals surface area contributed by atoms with Gasteiger partial charge in [-0.3, -0.25) is 0 Å². The standard InChI is InChI=1S/C16H26ClNO/c1-3-9-18-16(8-11-19-10-4-2)13-14-6-5-7-15(17)12-14/h5-7,12,16,18H,3-4,8-11,13H2,1-2H3. The van der Waals surface area contributed by atoms with Crippen LogP contribution in [0.3, 0.4) is 0 Å². The van der Waals surface area contributed by atoms with Gasteiger partial charge in [-0.2, -0.15) is 0 Å². The van der Waals surface area contributed by atoms with Crippen molar-refractivity contribution in [3.8, 4) is 0 Å². The molecule has 1 N–H and O–H groups in total. The zero-order valence-corrected chi connectivity index (χ0v) is 12.9. The van der Waals surface area contributed by atoms with Gasteiger partial charge in [-0.05, 0) is 49.9 Å². The Morgan fingerprint density at radius 2 is 2.05 bits per heavy atom. The molecule has 108 valence electrons. The average Bonchev–Trinajstić information content (AvgIpc) is 2.40. The molecule has 1 rings (SSSR count). The highest BCUT2D eigenvalue weighted by Gasteiger charge is 2.09. The van der Waals surface area contributed by atoms with Crippen molar-refractivity contribution < 1.29 is 4.74 Å². The lowest BCUT2D eigenvalue weighted by molar-refractivity contribution is 0.124. The van der Waals surface area contributed by atoms with Gasteiger partial charge in [-0.15, -0.1) is 0 Å². The minimum absolute atomic E-state index is 0.468. The van der Waals surface area contributed by atoms with Gasteiger partial charge in [-0.25, -0.2) is 0 Å². The molecule has 1 atom stereocenters. The molecule has 3 heteroatoms. The molecule has 0 aromatic heterocycles. The van der Waals surface area contributed by atoms with E-state index in [1.165, 1.54) is 5.56 Å². The van der Waals surface area contributed by atoms with Crippen LogP contribution in [-0.4, -0.2) is 25.8 Å². The molecule has 0 heterocycles. The third-order valence-corrected chi connectivity index (χ3v) is 3.25. The van der Waals surface area contributed by atoms with E-state index in [0.717, 1.165) is 50.5 Å². The summed E-state index contributed by atoms with van der Waals surface area (Å²) in [5, 5.41) is 4.41. The van der Waals surface area contributed by atoms with Crippen LogP contribution in [0, 0.1) is 0 Å². The molecule has 0 saturated heterocycles. The lowest BCUT2D eigenvalue weighted by Crippen LogP contribution is -2.33. The zero-order valence-electron chi connectivity index (χ0n) is 12.1. The summed E-state index contributed by atoms with van der Waals surface area (Å²) in [6, 6.07) is 8.59. The van der Waals surface area contributed by atoms with Gasteiger partial charge in [0.15, 0.2) is 0 Å². The Morgan fingerprint density at radius 3 is 2.74 bits per heavy atom. The average molecular weight is 284 g/mol. The number of halogens is 1. The summed E-state index contributed by atoms with van der Waals surface area (Å²) in [6.07, 6.45) is 4.30. The van der Waals surface area contributed by atoms with E-state index in [0.29, 0.717) is 6.04 Å². The smallest absolute Gasteiger partial charge is 0.0480 e. The van der Waals surface area contributed by atoms with Crippen LogP contribution in [-0.2, 0) is 11.2 Å². The fraction of sp³-hybridized carbons (Fsp3) is 0.625. The van der Waals surface area contributed by atoms with E-state index in [9.17, 15) is 0 Å². The molecule has 0 radical (unpaired) electrons. The van der Waals surface area contributed by atoms with Crippen LogP contribution in [0.25, 0.3) is 0 Å². The molecule has 2 nitrogen and oxygen atoms in total. The maximum atomic E-state index is 6.03. The van der Waals surface area contributed by atoms with Gasteiger partial charge in [0.2, 0.25) is 0 Å². The van der Waals surface area contributed by atoms with Gasteiger partial charge in [0, 0.05) is 24.3 Å². The van der Waals surface area contributed by atoms with E-state index in [4.69, 9.17) is 16.3 Å². The van der Waals surface area contributed by atoms with Gasteiger partial charge in [-0.1, -0.05) is 37.6 Å². The van der Waals surface area contributed by atoms with E-state index in [1.54, 1.807) is 0 Å². The molecule has 0 aliphatic heterocycles. The van der Waals surface area contributed by atoms with Crippen molar-refractivity contribution in [2.45, 2.75) is 45.6 Å². The second-order valence-electron chi connectivity index (χ2n) is 4.89. The topological polar surface area (TPSA) is 21.3 Å². The van der Waals surface area contributed by atoms with E-state index in [2.05, 4.69) is 31.3 Å². The van der Waals surface area contributed by atoms with E-state index in [-0.39, 0.29) is 0 Å². The predicted molar refractivity (Wildman–Crippen MR) is 83.0 cm³/mol. The Bertz CT molecular complexity index is 343. The monoisotopic (exact) mass is 283 g/mol. The molecule has 1 aromatic rings. The number of benzene rings is 1. The van der Waals surface area contributed by atoms with Crippen LogP contribution < -0.4 is 5.32 Å². The van der Waals surface area contributed by atoms with Gasteiger partial charge in [0.25, 0.3) is 0 Å². The molecule has 0 fully saturated rings. The van der Waals surface area contributed by atoms with Gasteiger partial charge >= 0.3 is 0 Å². The van der Waals surface area contributed by atoms with Crippen molar-refractivity contribution in [3.05, 3.63) is 34.9 Å². The summed E-state index contributed by atoms with van der Waals surface area (Å²) in [4.78, 5) is 0. The van der Waals surface area contributed by atoms with E-state index in [1.807, 2.05) is 12.1 Å². The highest BCUT2D eigenvalue weighted by molar-refractivity contribution is 6.30. The Kier molecular flexibility index (Phi) is 8.89. The molecule has 0 aliphatic carbocycles. The molecular formula is C16H26ClNO. The maximum Gasteiger partial charge on any atom is 0.0480 e. The minimum Gasteiger partial charge on any atom is -0.381 e. The SMILES string of the molecule is CCCNC(CCOCCC)Cc1cccc(Cl)c1. The molecular weight excluding hydrogens is 258 g/mol. The Labute approximate surface area is 122 Å². The number of nitrogens with one attached hydrogen (secondary N) is 1. The van der Waals surface area contributed by atoms with Crippen LogP contribution in [0.5, 0.6) is 0 Å². The molecule has 1 unspecified atom stereocenters. The normalized spacial score (nSPS) is 12.6. The molecule has 0 amide bonds. The highest BCUT2D eigenvalue weighted by atomic mass is 35.5. The molecule has 19 heavy (non-hydrogen) atoms. The molecule has 1 aromatic carbocycles. The largest absolute Gasteiger partial charge is 0.381 e. The summed E-state index contributed by atoms with van der Waals surface area (Å²) >= 11 is 6.03. The first kappa shape index (κ1) is 16.5. The number of ether oxygens (including phenoxy) is 1. The Morgan fingerprint density at radius 1 is 1.21 bits per heavy atom. The van der Waals surface area contributed by atoms with Crippen LogP contribution in [0.15, 0.2) is 24.3 Å². The fourth-order valence-electron chi connectivity index (χ4n) is 2.05. The van der Waals surface area contributed by atoms with Crippen molar-refractivity contribution >= 4 is 11.6 Å². The highest BCUT2D eigenvalue weighted by Crippen LogP contribution is 2.13. The number of rotatable bonds is 10. The van der Waals surface area contributed by atoms with Gasteiger partial charge in [0.1, 0.15) is 0 Å². The van der Waals surface area contributed by atoms with E-state index < -0.39 is 0 Å². The number of hydrogen-bond acceptors (Lipinski definition) is 2. The summed E-state index contributed by atoms with van der Waals surface area (Å²) in [5.41, 5.74) is 1.29. The van der Waals surface area contributed by atoms with Gasteiger partial charge < -0.3 is 10.1 Å². The quantitative estimate of drug-likeness (QED) is 0.654. The molecule has 0 spiro atoms. The molecule has 0 saturated carbocycles. The predicted octanol–water partition coefficient (Wildman–Crippen LogP) is 4.07. The van der Waals surface area contributed by atoms with Gasteiger partial charge in [0.05, 0.1) is 0 Å². The van der Waals surface area contributed by atoms with Crippen LogP contribution in [0.2, 0.25) is 5.02 Å². The van der Waals surface area contributed by atoms with Crippen LogP contribution >= 0.6 is 11.6 Å². The zero-order chi connectivity index (χ0) is 13.9. The van der Waals surface area contributed by atoms with Crippen molar-refractivity contribution in [2.24, 2.45) is 0 Å². The van der Waals surface area contributed by atoms with Crippen molar-refractivity contribution in [1.29, 1.82) is 0 Å². The summed E-state index contributed by atoms with van der Waals surface area (Å²) in [6.45, 7) is 7.07. The van der Waals surface area contributed by atoms with E-state index >= 15 is 0 Å². The Balaban J connectivity index is 2.43. The third kappa shape index (κ3) is 7.56. The van der Waals surface area contributed by atoms with Crippen molar-refractivity contribution in [1.82, 2.24) is 5.32 Å². The molecule has 0 aliphatic rings. The summed E-state index contributed by atoms with van der Waals surface area (Å²) < 4.78 is 5.59. The second kappa shape index (κ2) is 10.2. The second-order valence-corrected chi connectivity index (χ2v) is 5.32. The van der Waals surface area contributed by atoms with Crippen molar-refractivity contribution in [3.63, 3.8) is 0 Å². The first-order chi connectivity index (χ1) is 9.26. The summed E-state index contributed by atoms with van der Waals surface area (Å²) in [5.74, 6) is 0. The maximum absolute atomic E-state index is 6.03. The van der Waals surface area contributed by atoms with Crippen molar-refractivity contribution in [2.75, 3.05) is 19.8 Å². The lowest BCUT2D eigenvalue weighted by atomic mass is 10.0. The Hall–Kier alpha value is -0.570. The summed E-state index contributed by atoms with van der Waals surface area (Å²) in [7, 11) is 0. The minimum atomic E-state index is 0.468. The number of hydrogen-bond donors (Lipinski definition) is 1. The first-order valence-electron chi connectivity index (χ1n) is 7.31. The fourth-order valence-corrected chi connectivity index (χ4v) is 2.26. The first-order valence-corrected chi connectivity index (χ1v) is 7.69. The lowest BCUT2D eigenvalue weighted by Gasteiger charge is -2.18. The van der Waals surface area contributed by atoms with Crippen LogP contribution in [0.1, 0.15) is 38.7 Å². The molecule has 0 bridgehead atoms. The third-order valence-electron chi connectivity index (χ3n) is 3.01.